The molecular weight excluding hydrogens is 404 g/mol. The van der Waals surface area contributed by atoms with Gasteiger partial charge in [-0.3, -0.25) is 4.79 Å². The first-order valence-electron chi connectivity index (χ1n) is 10.7. The van der Waals surface area contributed by atoms with E-state index in [1.807, 2.05) is 12.1 Å². The number of ether oxygens (including phenoxy) is 1. The molecule has 2 heterocycles. The zero-order valence-corrected chi connectivity index (χ0v) is 17.6. The number of nitrogens with zero attached hydrogens (tertiary/aromatic N) is 1. The number of rotatable bonds is 5. The molecule has 5 rings (SSSR count). The van der Waals surface area contributed by atoms with Crippen molar-refractivity contribution in [1.29, 1.82) is 0 Å². The second-order valence-corrected chi connectivity index (χ2v) is 7.94. The van der Waals surface area contributed by atoms with Crippen molar-refractivity contribution >= 4 is 29.0 Å². The first kappa shape index (κ1) is 19.9. The molecule has 0 saturated heterocycles. The monoisotopic (exact) mass is 428 g/mol. The molecule has 0 aliphatic carbocycles. The van der Waals surface area contributed by atoms with Crippen LogP contribution in [0.4, 0.5) is 21.9 Å². The Hall–Kier alpha value is -4.00. The summed E-state index contributed by atoms with van der Waals surface area (Å²) in [5, 5.41) is 8.39. The van der Waals surface area contributed by atoms with Crippen LogP contribution in [0.15, 0.2) is 66.7 Å². The predicted molar refractivity (Wildman–Crippen MR) is 124 cm³/mol. The highest BCUT2D eigenvalue weighted by Gasteiger charge is 2.20. The molecule has 2 aliphatic heterocycles. The number of anilines is 3. The van der Waals surface area contributed by atoms with E-state index in [-0.39, 0.29) is 18.5 Å². The number of hydrogen-bond acceptors (Lipinski definition) is 4. The third-order valence-electron chi connectivity index (χ3n) is 5.72. The Bertz CT molecular complexity index is 1160. The lowest BCUT2D eigenvalue weighted by atomic mass is 10.1. The molecular formula is C25H24N4O3. The molecule has 0 bridgehead atoms. The fraction of sp³-hybridized carbons (Fsp3) is 0.200. The van der Waals surface area contributed by atoms with Gasteiger partial charge in [-0.15, -0.1) is 0 Å². The van der Waals surface area contributed by atoms with Gasteiger partial charge >= 0.3 is 6.03 Å². The summed E-state index contributed by atoms with van der Waals surface area (Å²) in [7, 11) is 0. The summed E-state index contributed by atoms with van der Waals surface area (Å²) in [5.74, 6) is 0.256. The number of benzene rings is 3. The van der Waals surface area contributed by atoms with Crippen molar-refractivity contribution in [3.63, 3.8) is 0 Å². The van der Waals surface area contributed by atoms with Gasteiger partial charge in [0.1, 0.15) is 0 Å². The second-order valence-electron chi connectivity index (χ2n) is 7.94. The summed E-state index contributed by atoms with van der Waals surface area (Å²) >= 11 is 0. The number of para-hydroxylation sites is 2. The van der Waals surface area contributed by atoms with Crippen LogP contribution in [0.5, 0.6) is 5.75 Å². The van der Waals surface area contributed by atoms with Crippen LogP contribution >= 0.6 is 0 Å². The van der Waals surface area contributed by atoms with Gasteiger partial charge in [-0.2, -0.15) is 0 Å². The third-order valence-corrected chi connectivity index (χ3v) is 5.72. The maximum Gasteiger partial charge on any atom is 0.319 e. The van der Waals surface area contributed by atoms with Gasteiger partial charge in [-0.05, 0) is 41.3 Å². The lowest BCUT2D eigenvalue weighted by Crippen LogP contribution is -2.30. The van der Waals surface area contributed by atoms with Crippen molar-refractivity contribution < 1.29 is 14.3 Å². The van der Waals surface area contributed by atoms with Crippen molar-refractivity contribution in [3.8, 4) is 5.75 Å². The molecule has 0 fully saturated rings. The van der Waals surface area contributed by atoms with Crippen LogP contribution in [0.2, 0.25) is 0 Å². The van der Waals surface area contributed by atoms with E-state index in [1.54, 1.807) is 18.2 Å². The minimum atomic E-state index is -0.336. The van der Waals surface area contributed by atoms with Gasteiger partial charge in [0.2, 0.25) is 0 Å². The number of fused-ring (bicyclic) bond motifs is 2. The zero-order valence-electron chi connectivity index (χ0n) is 17.6. The molecule has 0 unspecified atom stereocenters. The van der Waals surface area contributed by atoms with Crippen molar-refractivity contribution in [2.75, 3.05) is 28.7 Å². The van der Waals surface area contributed by atoms with Crippen molar-refractivity contribution in [1.82, 2.24) is 5.32 Å². The molecule has 3 N–H and O–H groups in total. The highest BCUT2D eigenvalue weighted by atomic mass is 16.5. The largest absolute Gasteiger partial charge is 0.479 e. The van der Waals surface area contributed by atoms with E-state index < -0.39 is 0 Å². The molecule has 3 aromatic carbocycles. The van der Waals surface area contributed by atoms with Crippen molar-refractivity contribution in [2.45, 2.75) is 19.5 Å². The normalized spacial score (nSPS) is 14.1. The quantitative estimate of drug-likeness (QED) is 0.576. The average Bonchev–Trinajstić information content (AvgIpc) is 3.21. The Labute approximate surface area is 186 Å². The van der Waals surface area contributed by atoms with Gasteiger partial charge in [0.05, 0.1) is 11.4 Å². The lowest BCUT2D eigenvalue weighted by Gasteiger charge is -2.21. The Morgan fingerprint density at radius 1 is 1.00 bits per heavy atom. The standard InChI is InChI=1S/C25H24N4O3/c30-23-16-32-24-20(27-23)5-3-6-21(24)28-25(31)26-14-17-8-10-18(11-9-17)15-29-13-12-19-4-1-2-7-22(19)29/h1-11H,12-16H2,(H,27,30)(H2,26,28,31). The summed E-state index contributed by atoms with van der Waals surface area (Å²) in [4.78, 5) is 26.2. The smallest absolute Gasteiger partial charge is 0.319 e. The topological polar surface area (TPSA) is 82.7 Å². The highest BCUT2D eigenvalue weighted by Crippen LogP contribution is 2.35. The van der Waals surface area contributed by atoms with E-state index in [2.05, 4.69) is 57.2 Å². The fourth-order valence-electron chi connectivity index (χ4n) is 4.12. The van der Waals surface area contributed by atoms with Crippen LogP contribution in [-0.4, -0.2) is 25.1 Å². The summed E-state index contributed by atoms with van der Waals surface area (Å²) in [6, 6.07) is 21.8. The molecule has 0 atom stereocenters. The number of urea groups is 1. The van der Waals surface area contributed by atoms with Crippen LogP contribution in [0, 0.1) is 0 Å². The van der Waals surface area contributed by atoms with Gasteiger partial charge in [0.25, 0.3) is 5.91 Å². The van der Waals surface area contributed by atoms with E-state index in [9.17, 15) is 9.59 Å². The Morgan fingerprint density at radius 2 is 1.81 bits per heavy atom. The Kier molecular flexibility index (Phi) is 5.37. The van der Waals surface area contributed by atoms with Crippen molar-refractivity contribution in [3.05, 3.63) is 83.4 Å². The van der Waals surface area contributed by atoms with Crippen LogP contribution in [-0.2, 0) is 24.3 Å². The molecule has 32 heavy (non-hydrogen) atoms. The minimum absolute atomic E-state index is 0.0668. The van der Waals surface area contributed by atoms with Gasteiger partial charge < -0.3 is 25.6 Å². The van der Waals surface area contributed by atoms with E-state index in [0.29, 0.717) is 23.7 Å². The summed E-state index contributed by atoms with van der Waals surface area (Å²) < 4.78 is 5.46. The number of carbonyl (C=O) groups is 2. The molecule has 7 nitrogen and oxygen atoms in total. The molecule has 0 spiro atoms. The zero-order chi connectivity index (χ0) is 21.9. The number of hydrogen-bond donors (Lipinski definition) is 3. The molecule has 0 aromatic heterocycles. The van der Waals surface area contributed by atoms with Gasteiger partial charge in [-0.25, -0.2) is 4.79 Å². The molecule has 3 aromatic rings. The van der Waals surface area contributed by atoms with Crippen LogP contribution in [0.1, 0.15) is 16.7 Å². The number of amides is 3. The van der Waals surface area contributed by atoms with E-state index in [4.69, 9.17) is 4.74 Å². The average molecular weight is 428 g/mol. The molecule has 0 radical (unpaired) electrons. The molecule has 3 amide bonds. The maximum absolute atomic E-state index is 12.4. The molecule has 7 heteroatoms. The van der Waals surface area contributed by atoms with Crippen LogP contribution < -0.4 is 25.6 Å². The highest BCUT2D eigenvalue weighted by molar-refractivity contribution is 5.99. The van der Waals surface area contributed by atoms with E-state index in [1.165, 1.54) is 16.8 Å². The first-order chi connectivity index (χ1) is 15.7. The van der Waals surface area contributed by atoms with Crippen molar-refractivity contribution in [2.24, 2.45) is 0 Å². The third kappa shape index (κ3) is 4.23. The van der Waals surface area contributed by atoms with Crippen LogP contribution in [0.25, 0.3) is 0 Å². The summed E-state index contributed by atoms with van der Waals surface area (Å²) in [5.41, 5.74) is 6.05. The SMILES string of the molecule is O=C1COc2c(cccc2NC(=O)NCc2ccc(CN3CCc4ccccc43)cc2)N1. The molecule has 0 saturated carbocycles. The maximum atomic E-state index is 12.4. The Balaban J connectivity index is 1.15. The minimum Gasteiger partial charge on any atom is -0.479 e. The predicted octanol–water partition coefficient (Wildman–Crippen LogP) is 3.90. The number of carbonyl (C=O) groups excluding carboxylic acids is 2. The van der Waals surface area contributed by atoms with Gasteiger partial charge in [0, 0.05) is 25.3 Å². The summed E-state index contributed by atoms with van der Waals surface area (Å²) in [6.07, 6.45) is 1.09. The fourth-order valence-corrected chi connectivity index (χ4v) is 4.12. The van der Waals surface area contributed by atoms with Gasteiger partial charge in [0.15, 0.2) is 12.4 Å². The lowest BCUT2D eigenvalue weighted by molar-refractivity contribution is -0.118. The van der Waals surface area contributed by atoms with Gasteiger partial charge in [-0.1, -0.05) is 48.5 Å². The first-order valence-corrected chi connectivity index (χ1v) is 10.7. The Morgan fingerprint density at radius 3 is 2.69 bits per heavy atom. The summed E-state index contributed by atoms with van der Waals surface area (Å²) in [6.45, 7) is 2.26. The number of nitrogens with one attached hydrogen (secondary N) is 3. The van der Waals surface area contributed by atoms with E-state index >= 15 is 0 Å². The second kappa shape index (κ2) is 8.63. The van der Waals surface area contributed by atoms with Crippen LogP contribution in [0.3, 0.4) is 0 Å². The molecule has 162 valence electrons. The van der Waals surface area contributed by atoms with E-state index in [0.717, 1.165) is 25.1 Å². The molecule has 2 aliphatic rings.